The van der Waals surface area contributed by atoms with E-state index in [1.807, 2.05) is 0 Å². The maximum Gasteiger partial charge on any atom is 0.0665 e. The van der Waals surface area contributed by atoms with Crippen molar-refractivity contribution in [3.05, 3.63) is 12.2 Å². The standard InChI is InChI=1S/C10H14N2/c11-4-3-9-7-1-2-8(5-7)10(9)6-12/h1-2,7-10H,3-5,11H2. The van der Waals surface area contributed by atoms with Crippen LogP contribution in [-0.4, -0.2) is 6.54 Å². The zero-order valence-corrected chi connectivity index (χ0v) is 7.11. The zero-order chi connectivity index (χ0) is 8.55. The van der Waals surface area contributed by atoms with Crippen LogP contribution in [0, 0.1) is 35.0 Å². The fraction of sp³-hybridized carbons (Fsp3) is 0.700. The second-order valence-corrected chi connectivity index (χ2v) is 3.84. The minimum Gasteiger partial charge on any atom is -0.330 e. The first-order chi connectivity index (χ1) is 5.86. The third-order valence-corrected chi connectivity index (χ3v) is 3.27. The van der Waals surface area contributed by atoms with Crippen LogP contribution in [0.2, 0.25) is 0 Å². The predicted molar refractivity (Wildman–Crippen MR) is 47.0 cm³/mol. The lowest BCUT2D eigenvalue weighted by Gasteiger charge is -2.21. The topological polar surface area (TPSA) is 49.8 Å². The smallest absolute Gasteiger partial charge is 0.0665 e. The minimum atomic E-state index is 0.253. The molecule has 0 aromatic heterocycles. The third-order valence-electron chi connectivity index (χ3n) is 3.27. The van der Waals surface area contributed by atoms with E-state index in [9.17, 15) is 0 Å². The van der Waals surface area contributed by atoms with E-state index in [2.05, 4.69) is 18.2 Å². The van der Waals surface area contributed by atoms with Gasteiger partial charge in [0.25, 0.3) is 0 Å². The van der Waals surface area contributed by atoms with Crippen molar-refractivity contribution in [1.29, 1.82) is 5.26 Å². The minimum absolute atomic E-state index is 0.253. The Morgan fingerprint density at radius 3 is 2.83 bits per heavy atom. The Balaban J connectivity index is 2.13. The van der Waals surface area contributed by atoms with Crippen LogP contribution in [0.15, 0.2) is 12.2 Å². The summed E-state index contributed by atoms with van der Waals surface area (Å²) < 4.78 is 0. The van der Waals surface area contributed by atoms with E-state index in [-0.39, 0.29) is 5.92 Å². The van der Waals surface area contributed by atoms with Crippen molar-refractivity contribution in [1.82, 2.24) is 0 Å². The summed E-state index contributed by atoms with van der Waals surface area (Å²) in [4.78, 5) is 0. The Labute approximate surface area is 73.1 Å². The number of nitrogens with two attached hydrogens (primary N) is 1. The van der Waals surface area contributed by atoms with Crippen LogP contribution >= 0.6 is 0 Å². The molecule has 1 saturated carbocycles. The molecule has 4 unspecified atom stereocenters. The molecule has 2 aliphatic carbocycles. The number of allylic oxidation sites excluding steroid dienone is 2. The van der Waals surface area contributed by atoms with Gasteiger partial charge in [0, 0.05) is 0 Å². The summed E-state index contributed by atoms with van der Waals surface area (Å²) >= 11 is 0. The van der Waals surface area contributed by atoms with E-state index in [1.54, 1.807) is 0 Å². The molecule has 2 nitrogen and oxygen atoms in total. The normalized spacial score (nSPS) is 43.3. The van der Waals surface area contributed by atoms with Gasteiger partial charge in [0.05, 0.1) is 12.0 Å². The molecule has 2 bridgehead atoms. The SMILES string of the molecule is N#CC1C2C=CC(C2)C1CCN. The van der Waals surface area contributed by atoms with Crippen LogP contribution in [0.4, 0.5) is 0 Å². The van der Waals surface area contributed by atoms with Gasteiger partial charge >= 0.3 is 0 Å². The van der Waals surface area contributed by atoms with Gasteiger partial charge in [-0.2, -0.15) is 5.26 Å². The third kappa shape index (κ3) is 0.971. The summed E-state index contributed by atoms with van der Waals surface area (Å²) in [5.74, 6) is 2.00. The molecule has 4 atom stereocenters. The summed E-state index contributed by atoms with van der Waals surface area (Å²) in [6, 6.07) is 2.42. The van der Waals surface area contributed by atoms with Gasteiger partial charge in [0.2, 0.25) is 0 Å². The Hall–Kier alpha value is -0.810. The van der Waals surface area contributed by atoms with Gasteiger partial charge in [0.15, 0.2) is 0 Å². The zero-order valence-electron chi connectivity index (χ0n) is 7.11. The van der Waals surface area contributed by atoms with Crippen molar-refractivity contribution in [2.75, 3.05) is 6.54 Å². The van der Waals surface area contributed by atoms with Crippen molar-refractivity contribution in [2.45, 2.75) is 12.8 Å². The fourth-order valence-electron chi connectivity index (χ4n) is 2.70. The quantitative estimate of drug-likeness (QED) is 0.622. The van der Waals surface area contributed by atoms with Gasteiger partial charge in [-0.15, -0.1) is 0 Å². The Bertz CT molecular complexity index is 239. The van der Waals surface area contributed by atoms with Crippen LogP contribution in [0.1, 0.15) is 12.8 Å². The molecule has 2 N–H and O–H groups in total. The fourth-order valence-corrected chi connectivity index (χ4v) is 2.70. The summed E-state index contributed by atoms with van der Waals surface area (Å²) in [7, 11) is 0. The molecule has 0 amide bonds. The Kier molecular flexibility index (Phi) is 1.90. The lowest BCUT2D eigenvalue weighted by molar-refractivity contribution is 0.357. The summed E-state index contributed by atoms with van der Waals surface area (Å²) in [6.07, 6.45) is 6.71. The van der Waals surface area contributed by atoms with Gasteiger partial charge in [-0.3, -0.25) is 0 Å². The van der Waals surface area contributed by atoms with E-state index in [1.165, 1.54) is 6.42 Å². The molecule has 2 aliphatic rings. The van der Waals surface area contributed by atoms with Crippen LogP contribution in [-0.2, 0) is 0 Å². The summed E-state index contributed by atoms with van der Waals surface area (Å²) in [5, 5.41) is 8.96. The first-order valence-corrected chi connectivity index (χ1v) is 4.65. The number of nitrogens with zero attached hydrogens (tertiary/aromatic N) is 1. The van der Waals surface area contributed by atoms with Crippen LogP contribution in [0.5, 0.6) is 0 Å². The molecule has 2 heteroatoms. The highest BCUT2D eigenvalue weighted by molar-refractivity contribution is 5.18. The largest absolute Gasteiger partial charge is 0.330 e. The molecular formula is C10H14N2. The van der Waals surface area contributed by atoms with E-state index in [0.29, 0.717) is 17.8 Å². The van der Waals surface area contributed by atoms with Crippen LogP contribution in [0.25, 0.3) is 0 Å². The van der Waals surface area contributed by atoms with Crippen molar-refractivity contribution in [2.24, 2.45) is 29.4 Å². The van der Waals surface area contributed by atoms with E-state index >= 15 is 0 Å². The molecule has 0 aliphatic heterocycles. The van der Waals surface area contributed by atoms with E-state index in [0.717, 1.165) is 13.0 Å². The number of fused-ring (bicyclic) bond motifs is 2. The van der Waals surface area contributed by atoms with Gasteiger partial charge in [-0.25, -0.2) is 0 Å². The molecule has 0 aromatic rings. The first-order valence-electron chi connectivity index (χ1n) is 4.65. The van der Waals surface area contributed by atoms with E-state index < -0.39 is 0 Å². The molecule has 0 heterocycles. The van der Waals surface area contributed by atoms with Crippen LogP contribution < -0.4 is 5.73 Å². The first kappa shape index (κ1) is 7.82. The van der Waals surface area contributed by atoms with Crippen molar-refractivity contribution >= 4 is 0 Å². The average molecular weight is 162 g/mol. The van der Waals surface area contributed by atoms with Gasteiger partial charge in [0.1, 0.15) is 0 Å². The lowest BCUT2D eigenvalue weighted by Crippen LogP contribution is -2.21. The highest BCUT2D eigenvalue weighted by atomic mass is 14.6. The van der Waals surface area contributed by atoms with Gasteiger partial charge < -0.3 is 5.73 Å². The molecule has 12 heavy (non-hydrogen) atoms. The highest BCUT2D eigenvalue weighted by Gasteiger charge is 2.43. The Morgan fingerprint density at radius 2 is 2.17 bits per heavy atom. The summed E-state index contributed by atoms with van der Waals surface area (Å²) in [5.41, 5.74) is 5.52. The van der Waals surface area contributed by atoms with Crippen molar-refractivity contribution < 1.29 is 0 Å². The molecule has 0 radical (unpaired) electrons. The second kappa shape index (κ2) is 2.91. The lowest BCUT2D eigenvalue weighted by atomic mass is 9.82. The molecule has 2 rings (SSSR count). The number of nitriles is 1. The maximum atomic E-state index is 8.96. The van der Waals surface area contributed by atoms with Crippen molar-refractivity contribution in [3.63, 3.8) is 0 Å². The van der Waals surface area contributed by atoms with Gasteiger partial charge in [-0.1, -0.05) is 12.2 Å². The molecule has 0 spiro atoms. The van der Waals surface area contributed by atoms with Crippen molar-refractivity contribution in [3.8, 4) is 6.07 Å². The van der Waals surface area contributed by atoms with Gasteiger partial charge in [-0.05, 0) is 37.1 Å². The maximum absolute atomic E-state index is 8.96. The highest BCUT2D eigenvalue weighted by Crippen LogP contribution is 2.48. The molecule has 64 valence electrons. The Morgan fingerprint density at radius 1 is 1.42 bits per heavy atom. The second-order valence-electron chi connectivity index (χ2n) is 3.84. The predicted octanol–water partition coefficient (Wildman–Crippen LogP) is 1.30. The molecule has 1 fully saturated rings. The molecule has 0 saturated heterocycles. The molecule has 0 aromatic carbocycles. The number of hydrogen-bond donors (Lipinski definition) is 1. The average Bonchev–Trinajstić information content (AvgIpc) is 2.64. The molecular weight excluding hydrogens is 148 g/mol. The number of rotatable bonds is 2. The van der Waals surface area contributed by atoms with E-state index in [4.69, 9.17) is 11.0 Å². The number of hydrogen-bond acceptors (Lipinski definition) is 2. The summed E-state index contributed by atoms with van der Waals surface area (Å²) in [6.45, 7) is 0.722. The monoisotopic (exact) mass is 162 g/mol. The van der Waals surface area contributed by atoms with Crippen LogP contribution in [0.3, 0.4) is 0 Å².